The molecule has 1 aliphatic carbocycles. The van der Waals surface area contributed by atoms with Gasteiger partial charge in [-0.05, 0) is 42.2 Å². The van der Waals surface area contributed by atoms with E-state index in [1.807, 2.05) is 0 Å². The van der Waals surface area contributed by atoms with E-state index in [0.29, 0.717) is 5.92 Å². The van der Waals surface area contributed by atoms with E-state index in [1.165, 1.54) is 6.42 Å². The molecule has 18 heavy (non-hydrogen) atoms. The molecular formula is C12H17Cl2N3O. The maximum Gasteiger partial charge on any atom is 0.257 e. The van der Waals surface area contributed by atoms with Gasteiger partial charge in [-0.3, -0.25) is 0 Å². The highest BCUT2D eigenvalue weighted by Crippen LogP contribution is 2.40. The topological polar surface area (TPSA) is 47.9 Å². The molecule has 0 spiro atoms. The van der Waals surface area contributed by atoms with Gasteiger partial charge in [0.1, 0.15) is 6.10 Å². The molecule has 1 aromatic rings. The van der Waals surface area contributed by atoms with Crippen molar-refractivity contribution < 1.29 is 4.74 Å². The maximum atomic E-state index is 5.90. The van der Waals surface area contributed by atoms with Gasteiger partial charge in [-0.2, -0.15) is 4.98 Å². The van der Waals surface area contributed by atoms with Gasteiger partial charge in [0.2, 0.25) is 10.4 Å². The monoisotopic (exact) mass is 289 g/mol. The van der Waals surface area contributed by atoms with Gasteiger partial charge >= 0.3 is 0 Å². The fourth-order valence-corrected chi connectivity index (χ4v) is 3.10. The summed E-state index contributed by atoms with van der Waals surface area (Å²) in [4.78, 5) is 3.98. The number of rotatable bonds is 2. The number of hydrogen-bond acceptors (Lipinski definition) is 4. The summed E-state index contributed by atoms with van der Waals surface area (Å²) >= 11 is 11.6. The Morgan fingerprint density at radius 2 is 1.94 bits per heavy atom. The summed E-state index contributed by atoms with van der Waals surface area (Å²) in [5, 5.41) is 7.48. The average molecular weight is 290 g/mol. The fourth-order valence-electron chi connectivity index (χ4n) is 2.86. The van der Waals surface area contributed by atoms with E-state index in [9.17, 15) is 0 Å². The smallest absolute Gasteiger partial charge is 0.257 e. The maximum absolute atomic E-state index is 5.90. The molecule has 0 radical (unpaired) electrons. The molecule has 2 unspecified atom stereocenters. The van der Waals surface area contributed by atoms with Crippen LogP contribution in [0.15, 0.2) is 0 Å². The molecule has 4 nitrogen and oxygen atoms in total. The molecule has 0 aliphatic heterocycles. The van der Waals surface area contributed by atoms with Crippen LogP contribution >= 0.6 is 23.2 Å². The molecule has 100 valence electrons. The van der Waals surface area contributed by atoms with E-state index in [-0.39, 0.29) is 27.8 Å². The van der Waals surface area contributed by atoms with Crippen LogP contribution in [0, 0.1) is 11.3 Å². The molecule has 0 bridgehead atoms. The van der Waals surface area contributed by atoms with Crippen molar-refractivity contribution in [2.24, 2.45) is 11.3 Å². The molecule has 1 heterocycles. The Hall–Kier alpha value is -0.610. The van der Waals surface area contributed by atoms with Gasteiger partial charge in [0.15, 0.2) is 0 Å². The van der Waals surface area contributed by atoms with Gasteiger partial charge in [-0.25, -0.2) is 0 Å². The molecule has 1 aromatic heterocycles. The molecule has 0 aromatic carbocycles. The molecule has 0 saturated heterocycles. The van der Waals surface area contributed by atoms with Crippen LogP contribution in [0.4, 0.5) is 0 Å². The van der Waals surface area contributed by atoms with E-state index >= 15 is 0 Å². The summed E-state index contributed by atoms with van der Waals surface area (Å²) in [7, 11) is 0. The number of hydrogen-bond donors (Lipinski definition) is 0. The van der Waals surface area contributed by atoms with Crippen LogP contribution in [-0.2, 0) is 0 Å². The summed E-state index contributed by atoms with van der Waals surface area (Å²) in [5.74, 6) is 0.911. The minimum absolute atomic E-state index is 0.0533. The van der Waals surface area contributed by atoms with Gasteiger partial charge in [0.25, 0.3) is 5.88 Å². The molecule has 2 atom stereocenters. The van der Waals surface area contributed by atoms with Crippen LogP contribution in [0.5, 0.6) is 5.88 Å². The lowest BCUT2D eigenvalue weighted by molar-refractivity contribution is 0.0529. The van der Waals surface area contributed by atoms with E-state index in [1.54, 1.807) is 0 Å². The van der Waals surface area contributed by atoms with Crippen molar-refractivity contribution in [1.29, 1.82) is 0 Å². The van der Waals surface area contributed by atoms with Crippen LogP contribution in [0.3, 0.4) is 0 Å². The van der Waals surface area contributed by atoms with E-state index in [2.05, 4.69) is 36.0 Å². The number of aromatic nitrogens is 3. The highest BCUT2D eigenvalue weighted by Gasteiger charge is 2.33. The first-order valence-corrected chi connectivity index (χ1v) is 6.84. The zero-order valence-electron chi connectivity index (χ0n) is 10.8. The molecule has 6 heteroatoms. The minimum Gasteiger partial charge on any atom is -0.472 e. The summed E-state index contributed by atoms with van der Waals surface area (Å²) in [6.45, 7) is 6.75. The van der Waals surface area contributed by atoms with Crippen molar-refractivity contribution in [2.75, 3.05) is 0 Å². The largest absolute Gasteiger partial charge is 0.472 e. The summed E-state index contributed by atoms with van der Waals surface area (Å²) in [6, 6.07) is 0. The minimum atomic E-state index is 0.0533. The lowest BCUT2D eigenvalue weighted by atomic mass is 9.71. The predicted molar refractivity (Wildman–Crippen MR) is 71.1 cm³/mol. The zero-order valence-corrected chi connectivity index (χ0v) is 12.3. The van der Waals surface area contributed by atoms with Gasteiger partial charge in [0, 0.05) is 0 Å². The lowest BCUT2D eigenvalue weighted by Gasteiger charge is -2.38. The third-order valence-corrected chi connectivity index (χ3v) is 3.61. The second-order valence-electron chi connectivity index (χ2n) is 5.83. The molecular weight excluding hydrogens is 273 g/mol. The molecule has 2 rings (SSSR count). The lowest BCUT2D eigenvalue weighted by Crippen LogP contribution is -2.34. The second kappa shape index (κ2) is 5.17. The van der Waals surface area contributed by atoms with Gasteiger partial charge in [0.05, 0.1) is 0 Å². The Labute approximate surface area is 117 Å². The Kier molecular flexibility index (Phi) is 3.97. The molecule has 1 aliphatic rings. The first-order chi connectivity index (χ1) is 8.35. The molecule has 1 saturated carbocycles. The Morgan fingerprint density at radius 3 is 2.61 bits per heavy atom. The standard InChI is InChI=1S/C12H17Cl2N3O/c1-7-4-8(6-12(2,3)5-7)18-10-9(13)16-17-11(14)15-10/h7-8H,4-6H2,1-3H3. The first-order valence-electron chi connectivity index (χ1n) is 6.08. The summed E-state index contributed by atoms with van der Waals surface area (Å²) in [6.07, 6.45) is 3.30. The van der Waals surface area contributed by atoms with Crippen molar-refractivity contribution in [3.63, 3.8) is 0 Å². The Bertz CT molecular complexity index is 439. The average Bonchev–Trinajstić information content (AvgIpc) is 2.20. The third-order valence-electron chi connectivity index (χ3n) is 3.22. The van der Waals surface area contributed by atoms with Crippen LogP contribution in [0.25, 0.3) is 0 Å². The van der Waals surface area contributed by atoms with E-state index < -0.39 is 0 Å². The van der Waals surface area contributed by atoms with Crippen molar-refractivity contribution in [3.05, 3.63) is 10.4 Å². The van der Waals surface area contributed by atoms with Crippen molar-refractivity contribution in [1.82, 2.24) is 15.2 Å². The van der Waals surface area contributed by atoms with E-state index in [4.69, 9.17) is 27.9 Å². The number of ether oxygens (including phenoxy) is 1. The molecule has 0 N–H and O–H groups in total. The van der Waals surface area contributed by atoms with Crippen LogP contribution < -0.4 is 4.74 Å². The number of halogens is 2. The SMILES string of the molecule is CC1CC(Oc2nc(Cl)nnc2Cl)CC(C)(C)C1. The van der Waals surface area contributed by atoms with Gasteiger partial charge in [-0.1, -0.05) is 32.4 Å². The summed E-state index contributed by atoms with van der Waals surface area (Å²) in [5.41, 5.74) is 0.277. The van der Waals surface area contributed by atoms with E-state index in [0.717, 1.165) is 12.8 Å². The Balaban J connectivity index is 2.11. The predicted octanol–water partition coefficient (Wildman–Crippen LogP) is 3.77. The third kappa shape index (κ3) is 3.45. The quantitative estimate of drug-likeness (QED) is 0.831. The normalized spacial score (nSPS) is 26.9. The highest BCUT2D eigenvalue weighted by molar-refractivity contribution is 6.31. The van der Waals surface area contributed by atoms with Crippen molar-refractivity contribution in [3.8, 4) is 5.88 Å². The summed E-state index contributed by atoms with van der Waals surface area (Å²) < 4.78 is 5.84. The second-order valence-corrected chi connectivity index (χ2v) is 6.53. The Morgan fingerprint density at radius 1 is 1.22 bits per heavy atom. The van der Waals surface area contributed by atoms with Gasteiger partial charge < -0.3 is 4.74 Å². The van der Waals surface area contributed by atoms with Crippen LogP contribution in [0.1, 0.15) is 40.0 Å². The molecule has 0 amide bonds. The highest BCUT2D eigenvalue weighted by atomic mass is 35.5. The first kappa shape index (κ1) is 13.8. The fraction of sp³-hybridized carbons (Fsp3) is 0.750. The zero-order chi connectivity index (χ0) is 13.3. The van der Waals surface area contributed by atoms with Crippen molar-refractivity contribution in [2.45, 2.75) is 46.1 Å². The van der Waals surface area contributed by atoms with Crippen molar-refractivity contribution >= 4 is 23.2 Å². The van der Waals surface area contributed by atoms with Crippen LogP contribution in [-0.4, -0.2) is 21.3 Å². The van der Waals surface area contributed by atoms with Gasteiger partial charge in [-0.15, -0.1) is 10.2 Å². The number of nitrogens with zero attached hydrogens (tertiary/aromatic N) is 3. The molecule has 1 fully saturated rings. The van der Waals surface area contributed by atoms with Crippen LogP contribution in [0.2, 0.25) is 10.4 Å².